The molecule has 0 N–H and O–H groups in total. The predicted molar refractivity (Wildman–Crippen MR) is 134 cm³/mol. The Morgan fingerprint density at radius 2 is 0.917 bits per heavy atom. The van der Waals surface area contributed by atoms with Crippen LogP contribution in [0.1, 0.15) is 36.6 Å². The average Bonchev–Trinajstić information content (AvgIpc) is 2.86. The summed E-state index contributed by atoms with van der Waals surface area (Å²) in [4.78, 5) is 67.2. The largest absolute Gasteiger partial charge is 0.332 e. The first kappa shape index (κ1) is 24.5. The number of hydrogen-bond acceptors (Lipinski definition) is 10. The Bertz CT molecular complexity index is 1760. The van der Waals surface area contributed by atoms with Gasteiger partial charge in [-0.2, -0.15) is 10.2 Å². The lowest BCUT2D eigenvalue weighted by molar-refractivity contribution is 0.703. The van der Waals surface area contributed by atoms with Crippen molar-refractivity contribution in [3.8, 4) is 0 Å². The van der Waals surface area contributed by atoms with Gasteiger partial charge < -0.3 is 0 Å². The summed E-state index contributed by atoms with van der Waals surface area (Å²) in [5.41, 5.74) is 0.675. The highest BCUT2D eigenvalue weighted by Gasteiger charge is 2.17. The van der Waals surface area contributed by atoms with Crippen LogP contribution in [0.15, 0.2) is 29.4 Å². The van der Waals surface area contributed by atoms with E-state index in [0.29, 0.717) is 34.2 Å². The van der Waals surface area contributed by atoms with E-state index in [9.17, 15) is 19.2 Å². The second-order valence-electron chi connectivity index (χ2n) is 8.44. The molecule has 0 saturated carbocycles. The third-order valence-electron chi connectivity index (χ3n) is 5.94. The van der Waals surface area contributed by atoms with Crippen LogP contribution >= 0.6 is 0 Å². The standard InChI is InChI=1S/C22H24N10O4/c1-9-13(25-15-17(23-9)29(5)21(35)31(7)19(15)33)11(3)27-28-12(4)14-10(2)24-18-16(26-14)20(34)32(8)22(36)30(18)6/h1-8H3/b27-11-,28-12-. The Balaban J connectivity index is 1.85. The Labute approximate surface area is 203 Å². The molecule has 0 fully saturated rings. The van der Waals surface area contributed by atoms with Crippen LogP contribution in [0.2, 0.25) is 0 Å². The fraction of sp³-hybridized carbons (Fsp3) is 0.364. The maximum absolute atomic E-state index is 12.6. The third kappa shape index (κ3) is 3.66. The molecule has 0 aromatic carbocycles. The van der Waals surface area contributed by atoms with E-state index in [-0.39, 0.29) is 22.3 Å². The predicted octanol–water partition coefficient (Wildman–Crippen LogP) is -0.782. The van der Waals surface area contributed by atoms with Gasteiger partial charge in [-0.25, -0.2) is 29.5 Å². The first-order valence-electron chi connectivity index (χ1n) is 10.8. The summed E-state index contributed by atoms with van der Waals surface area (Å²) >= 11 is 0. The highest BCUT2D eigenvalue weighted by atomic mass is 16.2. The van der Waals surface area contributed by atoms with Crippen LogP contribution in [0.25, 0.3) is 22.3 Å². The molecule has 4 aromatic rings. The second-order valence-corrected chi connectivity index (χ2v) is 8.44. The normalized spacial score (nSPS) is 12.7. The number of hydrogen-bond donors (Lipinski definition) is 0. The van der Waals surface area contributed by atoms with Crippen molar-refractivity contribution in [2.45, 2.75) is 27.7 Å². The molecule has 14 nitrogen and oxygen atoms in total. The Morgan fingerprint density at radius 1 is 0.583 bits per heavy atom. The molecular formula is C22H24N10O4. The van der Waals surface area contributed by atoms with Gasteiger partial charge in [0.2, 0.25) is 0 Å². The van der Waals surface area contributed by atoms with Gasteiger partial charge in [-0.15, -0.1) is 0 Å². The quantitative estimate of drug-likeness (QED) is 0.265. The average molecular weight is 493 g/mol. The molecule has 14 heteroatoms. The molecule has 0 unspecified atom stereocenters. The van der Waals surface area contributed by atoms with Gasteiger partial charge in [-0.3, -0.25) is 27.9 Å². The zero-order valence-corrected chi connectivity index (χ0v) is 21.1. The van der Waals surface area contributed by atoms with Crippen molar-refractivity contribution in [3.63, 3.8) is 0 Å². The number of aromatic nitrogens is 8. The van der Waals surface area contributed by atoms with Gasteiger partial charge in [0.05, 0.1) is 22.8 Å². The van der Waals surface area contributed by atoms with Crippen molar-refractivity contribution in [1.82, 2.24) is 38.2 Å². The molecule has 4 aromatic heterocycles. The number of nitrogens with zero attached hydrogens (tertiary/aromatic N) is 10. The van der Waals surface area contributed by atoms with Crippen LogP contribution in [-0.2, 0) is 28.2 Å². The van der Waals surface area contributed by atoms with E-state index in [1.54, 1.807) is 27.7 Å². The molecule has 0 saturated heterocycles. The van der Waals surface area contributed by atoms with E-state index in [2.05, 4.69) is 30.1 Å². The van der Waals surface area contributed by atoms with Crippen LogP contribution in [-0.4, -0.2) is 49.6 Å². The first-order chi connectivity index (χ1) is 16.8. The van der Waals surface area contributed by atoms with Crippen LogP contribution in [0.5, 0.6) is 0 Å². The minimum absolute atomic E-state index is 0.0353. The second kappa shape index (κ2) is 8.55. The number of aryl methyl sites for hydroxylation is 4. The van der Waals surface area contributed by atoms with Crippen molar-refractivity contribution in [2.24, 2.45) is 38.4 Å². The van der Waals surface area contributed by atoms with E-state index in [1.165, 1.54) is 37.3 Å². The van der Waals surface area contributed by atoms with Crippen molar-refractivity contribution >= 4 is 33.8 Å². The lowest BCUT2D eigenvalue weighted by Crippen LogP contribution is -2.38. The smallest absolute Gasteiger partial charge is 0.279 e. The highest BCUT2D eigenvalue weighted by molar-refractivity contribution is 6.02. The molecule has 4 rings (SSSR count). The van der Waals surface area contributed by atoms with Gasteiger partial charge in [0, 0.05) is 28.2 Å². The van der Waals surface area contributed by atoms with Gasteiger partial charge in [0.25, 0.3) is 11.1 Å². The van der Waals surface area contributed by atoms with Gasteiger partial charge >= 0.3 is 11.4 Å². The van der Waals surface area contributed by atoms with Gasteiger partial charge in [0.15, 0.2) is 22.3 Å². The molecule has 0 radical (unpaired) electrons. The van der Waals surface area contributed by atoms with E-state index in [0.717, 1.165) is 9.13 Å². The van der Waals surface area contributed by atoms with Crippen molar-refractivity contribution < 1.29 is 0 Å². The fourth-order valence-corrected chi connectivity index (χ4v) is 3.82. The van der Waals surface area contributed by atoms with Crippen molar-refractivity contribution in [1.29, 1.82) is 0 Å². The summed E-state index contributed by atoms with van der Waals surface area (Å²) in [7, 11) is 5.78. The summed E-state index contributed by atoms with van der Waals surface area (Å²) in [5.74, 6) is 0. The molecule has 4 heterocycles. The van der Waals surface area contributed by atoms with Crippen molar-refractivity contribution in [2.75, 3.05) is 0 Å². The maximum Gasteiger partial charge on any atom is 0.332 e. The third-order valence-corrected chi connectivity index (χ3v) is 5.94. The fourth-order valence-electron chi connectivity index (χ4n) is 3.82. The van der Waals surface area contributed by atoms with E-state index < -0.39 is 22.5 Å². The van der Waals surface area contributed by atoms with Gasteiger partial charge in [-0.05, 0) is 27.7 Å². The van der Waals surface area contributed by atoms with Crippen LogP contribution in [0.3, 0.4) is 0 Å². The summed E-state index contributed by atoms with van der Waals surface area (Å²) in [5, 5.41) is 8.48. The van der Waals surface area contributed by atoms with Crippen LogP contribution in [0, 0.1) is 13.8 Å². The zero-order chi connectivity index (χ0) is 26.6. The number of fused-ring (bicyclic) bond motifs is 2. The molecule has 36 heavy (non-hydrogen) atoms. The lowest BCUT2D eigenvalue weighted by atomic mass is 10.2. The Morgan fingerprint density at radius 3 is 1.25 bits per heavy atom. The molecule has 0 aliphatic carbocycles. The molecule has 0 amide bonds. The van der Waals surface area contributed by atoms with E-state index >= 15 is 0 Å². The monoisotopic (exact) mass is 492 g/mol. The van der Waals surface area contributed by atoms with Crippen LogP contribution in [0.4, 0.5) is 0 Å². The molecule has 0 spiro atoms. The summed E-state index contributed by atoms with van der Waals surface area (Å²) in [6, 6.07) is 0. The highest BCUT2D eigenvalue weighted by Crippen LogP contribution is 2.12. The van der Waals surface area contributed by atoms with E-state index in [1.807, 2.05) is 0 Å². The van der Waals surface area contributed by atoms with Gasteiger partial charge in [-0.1, -0.05) is 0 Å². The summed E-state index contributed by atoms with van der Waals surface area (Å²) in [6.45, 7) is 6.71. The molecular weight excluding hydrogens is 468 g/mol. The first-order valence-corrected chi connectivity index (χ1v) is 10.8. The van der Waals surface area contributed by atoms with Crippen LogP contribution < -0.4 is 22.5 Å². The van der Waals surface area contributed by atoms with Gasteiger partial charge in [0.1, 0.15) is 11.4 Å². The minimum Gasteiger partial charge on any atom is -0.279 e. The summed E-state index contributed by atoms with van der Waals surface area (Å²) in [6.07, 6.45) is 0. The molecule has 0 aliphatic rings. The Kier molecular flexibility index (Phi) is 5.82. The maximum atomic E-state index is 12.6. The minimum atomic E-state index is -0.563. The molecule has 0 bridgehead atoms. The summed E-state index contributed by atoms with van der Waals surface area (Å²) < 4.78 is 4.45. The molecule has 0 atom stereocenters. The topological polar surface area (TPSA) is 164 Å². The SMILES string of the molecule is C/C(=N/N=C(/C)c1nc2c(=O)n(C)c(=O)n(C)c2nc1C)c1nc2c(=O)n(C)c(=O)n(C)c2nc1C. The van der Waals surface area contributed by atoms with E-state index in [4.69, 9.17) is 0 Å². The zero-order valence-electron chi connectivity index (χ0n) is 21.1. The molecule has 0 aliphatic heterocycles. The Hall–Kier alpha value is -4.62. The lowest BCUT2D eigenvalue weighted by Gasteiger charge is -2.10. The number of rotatable bonds is 3. The molecule has 186 valence electrons. The van der Waals surface area contributed by atoms with Crippen molar-refractivity contribution in [3.05, 3.63) is 64.5 Å².